The van der Waals surface area contributed by atoms with Crippen molar-refractivity contribution in [3.63, 3.8) is 0 Å². The van der Waals surface area contributed by atoms with Gasteiger partial charge in [-0.05, 0) is 77.8 Å². The quantitative estimate of drug-likeness (QED) is 0.0423. The van der Waals surface area contributed by atoms with Gasteiger partial charge in [0.15, 0.2) is 5.41 Å². The van der Waals surface area contributed by atoms with Crippen LogP contribution < -0.4 is 0 Å². The van der Waals surface area contributed by atoms with Gasteiger partial charge in [-0.25, -0.2) is 0 Å². The maximum absolute atomic E-state index is 13.3. The lowest BCUT2D eigenvalue weighted by Gasteiger charge is -2.36. The van der Waals surface area contributed by atoms with Crippen molar-refractivity contribution in [1.82, 2.24) is 4.90 Å². The molecule has 0 unspecified atom stereocenters. The number of carbonyl (C=O) groups is 2. The lowest BCUT2D eigenvalue weighted by molar-refractivity contribution is -0.172. The number of ether oxygens (including phenoxy) is 2. The molecule has 6 heteroatoms. The second-order valence-corrected chi connectivity index (χ2v) is 15.3. The van der Waals surface area contributed by atoms with Gasteiger partial charge in [0.1, 0.15) is 0 Å². The zero-order chi connectivity index (χ0) is 35.1. The molecule has 0 aromatic heterocycles. The highest BCUT2D eigenvalue weighted by molar-refractivity contribution is 5.99. The molecule has 0 atom stereocenters. The summed E-state index contributed by atoms with van der Waals surface area (Å²) in [6.07, 6.45) is 32.8. The van der Waals surface area contributed by atoms with Crippen LogP contribution in [0.4, 0.5) is 0 Å². The predicted octanol–water partition coefficient (Wildman–Crippen LogP) is 11.5. The van der Waals surface area contributed by atoms with Crippen LogP contribution in [0.3, 0.4) is 0 Å². The van der Waals surface area contributed by atoms with Crippen LogP contribution in [0, 0.1) is 5.41 Å². The van der Waals surface area contributed by atoms with E-state index in [1.807, 2.05) is 0 Å². The SMILES string of the molecule is CCCCCCCCCCN(CCCCCCC(C)(C(=O)OCCCCCCCC)C(=O)OCCCCCCCC)[C@H]1CC[C@@H](O)CC1. The number of hydrogen-bond donors (Lipinski definition) is 1. The van der Waals surface area contributed by atoms with E-state index in [0.717, 1.165) is 83.6 Å². The van der Waals surface area contributed by atoms with E-state index in [1.165, 1.54) is 109 Å². The lowest BCUT2D eigenvalue weighted by atomic mass is 9.84. The minimum Gasteiger partial charge on any atom is -0.465 e. The summed E-state index contributed by atoms with van der Waals surface area (Å²) in [6.45, 7) is 11.5. The summed E-state index contributed by atoms with van der Waals surface area (Å²) in [5, 5.41) is 10.1. The molecule has 0 heterocycles. The van der Waals surface area contributed by atoms with E-state index in [4.69, 9.17) is 9.47 Å². The van der Waals surface area contributed by atoms with Crippen LogP contribution in [-0.4, -0.2) is 60.4 Å². The fourth-order valence-electron chi connectivity index (χ4n) is 7.20. The van der Waals surface area contributed by atoms with Gasteiger partial charge in [0.2, 0.25) is 0 Å². The second kappa shape index (κ2) is 30.7. The number of unbranched alkanes of at least 4 members (excludes halogenated alkanes) is 20. The van der Waals surface area contributed by atoms with E-state index < -0.39 is 17.4 Å². The van der Waals surface area contributed by atoms with Gasteiger partial charge >= 0.3 is 11.9 Å². The smallest absolute Gasteiger partial charge is 0.323 e. The number of aliphatic hydroxyl groups excluding tert-OH is 1. The van der Waals surface area contributed by atoms with Gasteiger partial charge in [0, 0.05) is 6.04 Å². The van der Waals surface area contributed by atoms with Crippen LogP contribution in [0.2, 0.25) is 0 Å². The predicted molar refractivity (Wildman–Crippen MR) is 202 cm³/mol. The van der Waals surface area contributed by atoms with Crippen molar-refractivity contribution >= 4 is 11.9 Å². The van der Waals surface area contributed by atoms with Crippen molar-refractivity contribution in [3.8, 4) is 0 Å². The molecule has 0 amide bonds. The highest BCUT2D eigenvalue weighted by Crippen LogP contribution is 2.30. The summed E-state index contributed by atoms with van der Waals surface area (Å²) in [5.41, 5.74) is -1.23. The van der Waals surface area contributed by atoms with Gasteiger partial charge in [-0.3, -0.25) is 9.59 Å². The Morgan fingerprint density at radius 1 is 0.542 bits per heavy atom. The standard InChI is InChI=1S/C42H81NO5/c1-5-8-11-14-17-18-20-25-34-43(38-29-31-39(44)32-30-38)35-26-21-19-24-33-42(4,40(45)47-36-27-22-15-12-9-6-2)41(46)48-37-28-23-16-13-10-7-3/h38-39,44H,5-37H2,1-4H3/t38-,39+. The molecular weight excluding hydrogens is 598 g/mol. The summed E-state index contributed by atoms with van der Waals surface area (Å²) in [7, 11) is 0. The summed E-state index contributed by atoms with van der Waals surface area (Å²) in [4.78, 5) is 29.4. The molecule has 1 fully saturated rings. The molecule has 1 N–H and O–H groups in total. The third kappa shape index (κ3) is 21.8. The van der Waals surface area contributed by atoms with Gasteiger partial charge < -0.3 is 19.5 Å². The fraction of sp³-hybridized carbons (Fsp3) is 0.952. The molecule has 0 radical (unpaired) electrons. The van der Waals surface area contributed by atoms with Crippen LogP contribution in [0.5, 0.6) is 0 Å². The van der Waals surface area contributed by atoms with Gasteiger partial charge in [0.05, 0.1) is 19.3 Å². The van der Waals surface area contributed by atoms with Crippen molar-refractivity contribution < 1.29 is 24.2 Å². The number of nitrogens with zero attached hydrogens (tertiary/aromatic N) is 1. The molecule has 48 heavy (non-hydrogen) atoms. The van der Waals surface area contributed by atoms with Gasteiger partial charge in [-0.2, -0.15) is 0 Å². The Labute approximate surface area is 298 Å². The molecule has 284 valence electrons. The van der Waals surface area contributed by atoms with Crippen LogP contribution in [-0.2, 0) is 19.1 Å². The summed E-state index contributed by atoms with van der Waals surface area (Å²) in [5.74, 6) is -0.806. The fourth-order valence-corrected chi connectivity index (χ4v) is 7.20. The van der Waals surface area contributed by atoms with E-state index in [0.29, 0.717) is 25.7 Å². The van der Waals surface area contributed by atoms with E-state index in [2.05, 4.69) is 25.7 Å². The summed E-state index contributed by atoms with van der Waals surface area (Å²) < 4.78 is 11.4. The Balaban J connectivity index is 2.55. The number of carbonyl (C=O) groups excluding carboxylic acids is 2. The van der Waals surface area contributed by atoms with Gasteiger partial charge in [-0.15, -0.1) is 0 Å². The number of rotatable bonds is 33. The number of esters is 2. The van der Waals surface area contributed by atoms with Crippen molar-refractivity contribution in [2.75, 3.05) is 26.3 Å². The van der Waals surface area contributed by atoms with Gasteiger partial charge in [0.25, 0.3) is 0 Å². The first-order valence-electron chi connectivity index (χ1n) is 21.2. The first-order valence-corrected chi connectivity index (χ1v) is 21.2. The average molecular weight is 680 g/mol. The molecule has 6 nitrogen and oxygen atoms in total. The number of hydrogen-bond acceptors (Lipinski definition) is 6. The van der Waals surface area contributed by atoms with Crippen LogP contribution in [0.25, 0.3) is 0 Å². The molecule has 0 bridgehead atoms. The molecule has 0 spiro atoms. The first kappa shape index (κ1) is 44.9. The zero-order valence-electron chi connectivity index (χ0n) is 32.5. The van der Waals surface area contributed by atoms with Crippen molar-refractivity contribution in [2.45, 2.75) is 226 Å². The molecule has 0 saturated heterocycles. The van der Waals surface area contributed by atoms with Crippen LogP contribution in [0.1, 0.15) is 214 Å². The molecule has 1 aliphatic rings. The van der Waals surface area contributed by atoms with Crippen molar-refractivity contribution in [1.29, 1.82) is 0 Å². The number of aliphatic hydroxyl groups is 1. The van der Waals surface area contributed by atoms with E-state index in [-0.39, 0.29) is 6.10 Å². The molecule has 1 rings (SSSR count). The molecule has 0 aromatic carbocycles. The van der Waals surface area contributed by atoms with Crippen LogP contribution >= 0.6 is 0 Å². The summed E-state index contributed by atoms with van der Waals surface area (Å²) in [6, 6.07) is 0.601. The third-order valence-electron chi connectivity index (χ3n) is 10.7. The Kier molecular flexibility index (Phi) is 28.7. The van der Waals surface area contributed by atoms with Crippen molar-refractivity contribution in [2.24, 2.45) is 5.41 Å². The molecule has 0 aliphatic heterocycles. The van der Waals surface area contributed by atoms with Crippen molar-refractivity contribution in [3.05, 3.63) is 0 Å². The first-order chi connectivity index (χ1) is 23.4. The minimum atomic E-state index is -1.23. The maximum Gasteiger partial charge on any atom is 0.323 e. The van der Waals surface area contributed by atoms with Crippen LogP contribution in [0.15, 0.2) is 0 Å². The Hall–Kier alpha value is -1.14. The lowest BCUT2D eigenvalue weighted by Crippen LogP contribution is -2.40. The van der Waals surface area contributed by atoms with E-state index in [9.17, 15) is 14.7 Å². The van der Waals surface area contributed by atoms with E-state index >= 15 is 0 Å². The average Bonchev–Trinajstić information content (AvgIpc) is 3.09. The third-order valence-corrected chi connectivity index (χ3v) is 10.7. The molecular formula is C42H81NO5. The molecule has 0 aromatic rings. The van der Waals surface area contributed by atoms with E-state index in [1.54, 1.807) is 6.92 Å². The largest absolute Gasteiger partial charge is 0.465 e. The monoisotopic (exact) mass is 680 g/mol. The highest BCUT2D eigenvalue weighted by atomic mass is 16.6. The topological polar surface area (TPSA) is 76.1 Å². The normalized spacial score (nSPS) is 16.8. The summed E-state index contributed by atoms with van der Waals surface area (Å²) >= 11 is 0. The highest BCUT2D eigenvalue weighted by Gasteiger charge is 2.43. The minimum absolute atomic E-state index is 0.115. The molecule has 1 saturated carbocycles. The second-order valence-electron chi connectivity index (χ2n) is 15.3. The molecule has 1 aliphatic carbocycles. The Bertz CT molecular complexity index is 720. The Morgan fingerprint density at radius 2 is 0.896 bits per heavy atom. The van der Waals surface area contributed by atoms with Gasteiger partial charge in [-0.1, -0.05) is 149 Å². The Morgan fingerprint density at radius 3 is 1.31 bits per heavy atom. The zero-order valence-corrected chi connectivity index (χ0v) is 32.5. The maximum atomic E-state index is 13.3.